The lowest BCUT2D eigenvalue weighted by molar-refractivity contribution is 0.590. The quantitative estimate of drug-likeness (QED) is 0.161. The Hall–Kier alpha value is -8.34. The monoisotopic (exact) mass is 978 g/mol. The summed E-state index contributed by atoms with van der Waals surface area (Å²) in [5, 5.41) is 6.28. The van der Waals surface area contributed by atoms with Crippen LogP contribution in [0.15, 0.2) is 162 Å². The molecule has 7 nitrogen and oxygen atoms in total. The van der Waals surface area contributed by atoms with Crippen molar-refractivity contribution in [2.45, 2.75) is 105 Å². The van der Waals surface area contributed by atoms with Crippen LogP contribution in [0.2, 0.25) is 0 Å². The van der Waals surface area contributed by atoms with Gasteiger partial charge in [0.1, 0.15) is 5.58 Å². The molecule has 75 heavy (non-hydrogen) atoms. The minimum absolute atomic E-state index is 0.0784. The molecule has 0 saturated heterocycles. The van der Waals surface area contributed by atoms with E-state index in [0.29, 0.717) is 34.3 Å². The lowest BCUT2D eigenvalue weighted by Gasteiger charge is -2.20. The predicted molar refractivity (Wildman–Crippen MR) is 313 cm³/mol. The van der Waals surface area contributed by atoms with Crippen molar-refractivity contribution in [3.8, 4) is 45.5 Å². The standard InChI is InChI=1S/C68H62N6O/c1-65(2,3)42-27-31-53-48(35-42)49-36-43(66(4,5)6)28-32-54(49)73(53)57-39-52(69-13)59(74-55-33-29-44(67(7,8)9)37-50(55)51-38-45(68(10,11)12)30-34-56(51)74)58-46-25-20-26-47(60(46)75-61(57)58)64-71-62(40-21-16-14-17-22-40)70-63(72-64)41-23-18-15-19-24-41/h14-39H,1-12H3. The van der Waals surface area contributed by atoms with Crippen LogP contribution in [0.5, 0.6) is 0 Å². The predicted octanol–water partition coefficient (Wildman–Crippen LogP) is 18.7. The fraction of sp³-hybridized carbons (Fsp3) is 0.235. The normalized spacial score (nSPS) is 12.8. The first-order valence-electron chi connectivity index (χ1n) is 26.1. The van der Waals surface area contributed by atoms with Crippen molar-refractivity contribution in [3.05, 3.63) is 191 Å². The van der Waals surface area contributed by atoms with Crippen LogP contribution in [-0.2, 0) is 21.7 Å². The minimum Gasteiger partial charge on any atom is -0.453 e. The lowest BCUT2D eigenvalue weighted by atomic mass is 9.85. The molecule has 8 aromatic carbocycles. The third kappa shape index (κ3) is 7.89. The fourth-order valence-electron chi connectivity index (χ4n) is 10.9. The maximum Gasteiger partial charge on any atom is 0.213 e. The van der Waals surface area contributed by atoms with E-state index in [1.165, 1.54) is 22.3 Å². The highest BCUT2D eigenvalue weighted by molar-refractivity contribution is 6.21. The van der Waals surface area contributed by atoms with Crippen molar-refractivity contribution in [1.82, 2.24) is 24.1 Å². The van der Waals surface area contributed by atoms with Gasteiger partial charge in [-0.2, -0.15) is 0 Å². The molecular formula is C68H62N6O. The van der Waals surface area contributed by atoms with Crippen LogP contribution in [0.1, 0.15) is 105 Å². The SMILES string of the molecule is [C-]#[N+]c1cc(-n2c3ccc(C(C)(C)C)cc3c3cc(C(C)(C)C)ccc32)c2oc3c(-c4nc(-c5ccccc5)nc(-c5ccccc5)n4)cccc3c2c1-n1c2ccc(C(C)(C)C)cc2c2cc(C(C)(C)C)ccc21. The maximum atomic E-state index is 9.25. The van der Waals surface area contributed by atoms with Gasteiger partial charge < -0.3 is 13.6 Å². The van der Waals surface area contributed by atoms with Crippen LogP contribution in [-0.4, -0.2) is 24.1 Å². The number of fused-ring (bicyclic) bond motifs is 9. The molecule has 0 aliphatic rings. The number of rotatable bonds is 5. The van der Waals surface area contributed by atoms with Gasteiger partial charge >= 0.3 is 0 Å². The van der Waals surface area contributed by atoms with Gasteiger partial charge in [-0.1, -0.05) is 180 Å². The van der Waals surface area contributed by atoms with Crippen LogP contribution < -0.4 is 0 Å². The topological polar surface area (TPSA) is 66.0 Å². The van der Waals surface area contributed by atoms with Crippen LogP contribution in [0.4, 0.5) is 5.69 Å². The summed E-state index contributed by atoms with van der Waals surface area (Å²) in [5.74, 6) is 1.62. The van der Waals surface area contributed by atoms with Gasteiger partial charge in [-0.05, 0) is 105 Å². The molecule has 4 aromatic heterocycles. The highest BCUT2D eigenvalue weighted by Crippen LogP contribution is 2.50. The second-order valence-electron chi connectivity index (χ2n) is 24.5. The number of hydrogen-bond donors (Lipinski definition) is 0. The third-order valence-corrected chi connectivity index (χ3v) is 15.2. The Kier molecular flexibility index (Phi) is 10.7. The molecule has 0 atom stereocenters. The molecule has 12 rings (SSSR count). The van der Waals surface area contributed by atoms with Crippen molar-refractivity contribution in [2.24, 2.45) is 0 Å². The first kappa shape index (κ1) is 47.7. The average Bonchev–Trinajstić information content (AvgIpc) is 4.15. The van der Waals surface area contributed by atoms with E-state index in [-0.39, 0.29) is 21.7 Å². The highest BCUT2D eigenvalue weighted by Gasteiger charge is 2.30. The summed E-state index contributed by atoms with van der Waals surface area (Å²) >= 11 is 0. The maximum absolute atomic E-state index is 9.25. The van der Waals surface area contributed by atoms with Crippen LogP contribution in [0, 0.1) is 6.57 Å². The summed E-state index contributed by atoms with van der Waals surface area (Å²) in [6.45, 7) is 36.5. The van der Waals surface area contributed by atoms with Crippen molar-refractivity contribution in [3.63, 3.8) is 0 Å². The van der Waals surface area contributed by atoms with Crippen molar-refractivity contribution >= 4 is 71.2 Å². The third-order valence-electron chi connectivity index (χ3n) is 15.2. The second-order valence-corrected chi connectivity index (χ2v) is 24.5. The Morgan fingerprint density at radius 2 is 0.800 bits per heavy atom. The van der Waals surface area contributed by atoms with Gasteiger partial charge in [-0.15, -0.1) is 0 Å². The number of hydrogen-bond acceptors (Lipinski definition) is 4. The number of aromatic nitrogens is 5. The summed E-state index contributed by atoms with van der Waals surface area (Å²) in [7, 11) is 0. The Morgan fingerprint density at radius 3 is 1.20 bits per heavy atom. The fourth-order valence-corrected chi connectivity index (χ4v) is 10.9. The molecule has 0 spiro atoms. The molecule has 0 aliphatic heterocycles. The molecule has 0 fully saturated rings. The second kappa shape index (κ2) is 16.8. The minimum atomic E-state index is -0.0859. The van der Waals surface area contributed by atoms with Crippen LogP contribution in [0.3, 0.4) is 0 Å². The highest BCUT2D eigenvalue weighted by atomic mass is 16.3. The van der Waals surface area contributed by atoms with E-state index in [4.69, 9.17) is 19.4 Å². The molecule has 0 saturated carbocycles. The van der Waals surface area contributed by atoms with Gasteiger partial charge in [0.15, 0.2) is 23.1 Å². The van der Waals surface area contributed by atoms with Gasteiger partial charge in [0.2, 0.25) is 5.69 Å². The molecule has 0 N–H and O–H groups in total. The lowest BCUT2D eigenvalue weighted by Crippen LogP contribution is -2.10. The first-order valence-corrected chi connectivity index (χ1v) is 26.1. The summed E-state index contributed by atoms with van der Waals surface area (Å²) < 4.78 is 12.2. The Labute approximate surface area is 439 Å². The van der Waals surface area contributed by atoms with Gasteiger partial charge in [-0.25, -0.2) is 19.8 Å². The van der Waals surface area contributed by atoms with Crippen molar-refractivity contribution in [2.75, 3.05) is 0 Å². The molecule has 0 unspecified atom stereocenters. The van der Waals surface area contributed by atoms with Gasteiger partial charge in [0.05, 0.1) is 45.6 Å². The zero-order valence-corrected chi connectivity index (χ0v) is 45.1. The van der Waals surface area contributed by atoms with Crippen molar-refractivity contribution < 1.29 is 4.42 Å². The summed E-state index contributed by atoms with van der Waals surface area (Å²) in [5.41, 5.74) is 14.6. The number of para-hydroxylation sites is 1. The van der Waals surface area contributed by atoms with Gasteiger partial charge in [0, 0.05) is 43.4 Å². The van der Waals surface area contributed by atoms with Crippen LogP contribution >= 0.6 is 0 Å². The number of benzene rings is 8. The molecule has 7 heteroatoms. The summed E-state index contributed by atoms with van der Waals surface area (Å²) in [6.07, 6.45) is 0. The zero-order chi connectivity index (χ0) is 52.5. The smallest absolute Gasteiger partial charge is 0.213 e. The van der Waals surface area contributed by atoms with Crippen LogP contribution in [0.25, 0.3) is 116 Å². The van der Waals surface area contributed by atoms with E-state index < -0.39 is 0 Å². The van der Waals surface area contributed by atoms with E-state index in [1.807, 2.05) is 66.7 Å². The average molecular weight is 979 g/mol. The van der Waals surface area contributed by atoms with E-state index >= 15 is 0 Å². The van der Waals surface area contributed by atoms with E-state index in [2.05, 4.69) is 188 Å². The van der Waals surface area contributed by atoms with Gasteiger partial charge in [-0.3, -0.25) is 0 Å². The van der Waals surface area contributed by atoms with Gasteiger partial charge in [0.25, 0.3) is 0 Å². The molecule has 0 amide bonds. The molecular weight excluding hydrogens is 917 g/mol. The largest absolute Gasteiger partial charge is 0.453 e. The Bertz CT molecular complexity index is 4120. The molecule has 370 valence electrons. The Morgan fingerprint density at radius 1 is 0.400 bits per heavy atom. The molecule has 0 bridgehead atoms. The first-order chi connectivity index (χ1) is 35.7. The van der Waals surface area contributed by atoms with E-state index in [0.717, 1.165) is 82.4 Å². The molecule has 4 heterocycles. The summed E-state index contributed by atoms with van der Waals surface area (Å²) in [6, 6.07) is 55.9. The zero-order valence-electron chi connectivity index (χ0n) is 45.1. The molecule has 0 radical (unpaired) electrons. The van der Waals surface area contributed by atoms with Crippen molar-refractivity contribution in [1.29, 1.82) is 0 Å². The van der Waals surface area contributed by atoms with E-state index in [1.54, 1.807) is 0 Å². The number of nitrogens with zero attached hydrogens (tertiary/aromatic N) is 6. The van der Waals surface area contributed by atoms with E-state index in [9.17, 15) is 6.57 Å². The molecule has 12 aromatic rings. The molecule has 0 aliphatic carbocycles. The Balaban J connectivity index is 1.25. The number of furan rings is 1. The summed E-state index contributed by atoms with van der Waals surface area (Å²) in [4.78, 5) is 20.0.